The molecule has 20 heavy (non-hydrogen) atoms. The number of carbonyl (C=O) groups excluding carboxylic acids is 1. The Hall–Kier alpha value is -2.36. The third-order valence-electron chi connectivity index (χ3n) is 2.90. The number of rotatable bonds is 5. The van der Waals surface area contributed by atoms with Crippen LogP contribution < -0.4 is 9.47 Å². The van der Waals surface area contributed by atoms with Crippen molar-refractivity contribution in [1.29, 1.82) is 0 Å². The number of para-hydroxylation sites is 1. The predicted molar refractivity (Wildman–Crippen MR) is 73.7 cm³/mol. The molecule has 2 aromatic carbocycles. The van der Waals surface area contributed by atoms with Gasteiger partial charge in [0.1, 0.15) is 23.9 Å². The number of benzene rings is 2. The number of halogens is 1. The fourth-order valence-corrected chi connectivity index (χ4v) is 1.88. The highest BCUT2D eigenvalue weighted by atomic mass is 19.1. The van der Waals surface area contributed by atoms with Crippen molar-refractivity contribution in [3.63, 3.8) is 0 Å². The van der Waals surface area contributed by atoms with Crippen molar-refractivity contribution < 1.29 is 18.7 Å². The maximum atomic E-state index is 13.2. The topological polar surface area (TPSA) is 35.5 Å². The lowest BCUT2D eigenvalue weighted by molar-refractivity contribution is 0.101. The third kappa shape index (κ3) is 3.15. The highest BCUT2D eigenvalue weighted by Gasteiger charge is 2.11. The van der Waals surface area contributed by atoms with Crippen molar-refractivity contribution in [2.24, 2.45) is 0 Å². The number of ether oxygens (including phenoxy) is 2. The average molecular weight is 274 g/mol. The van der Waals surface area contributed by atoms with Gasteiger partial charge in [-0.2, -0.15) is 0 Å². The van der Waals surface area contributed by atoms with Crippen molar-refractivity contribution in [3.05, 3.63) is 59.4 Å². The van der Waals surface area contributed by atoms with Crippen LogP contribution in [0.1, 0.15) is 22.8 Å². The van der Waals surface area contributed by atoms with Crippen LogP contribution in [0.25, 0.3) is 0 Å². The van der Waals surface area contributed by atoms with Crippen LogP contribution >= 0.6 is 0 Å². The monoisotopic (exact) mass is 274 g/mol. The van der Waals surface area contributed by atoms with Gasteiger partial charge in [0.2, 0.25) is 0 Å². The summed E-state index contributed by atoms with van der Waals surface area (Å²) in [5.41, 5.74) is 1.09. The summed E-state index contributed by atoms with van der Waals surface area (Å²) in [5.74, 6) is 0.378. The molecule has 104 valence electrons. The molecule has 0 bridgehead atoms. The summed E-state index contributed by atoms with van der Waals surface area (Å²) in [6.45, 7) is 1.63. The lowest BCUT2D eigenvalue weighted by atomic mass is 10.1. The minimum atomic E-state index is -0.458. The van der Waals surface area contributed by atoms with E-state index in [0.29, 0.717) is 11.5 Å². The minimum absolute atomic E-state index is 0.236. The molecule has 0 aliphatic carbocycles. The van der Waals surface area contributed by atoms with Crippen molar-refractivity contribution >= 4 is 5.78 Å². The van der Waals surface area contributed by atoms with Crippen LogP contribution in [0.5, 0.6) is 11.5 Å². The van der Waals surface area contributed by atoms with E-state index in [1.807, 2.05) is 24.3 Å². The molecule has 0 N–H and O–H groups in total. The first-order valence-corrected chi connectivity index (χ1v) is 6.17. The van der Waals surface area contributed by atoms with Gasteiger partial charge in [0.05, 0.1) is 12.7 Å². The van der Waals surface area contributed by atoms with Crippen LogP contribution in [-0.2, 0) is 6.61 Å². The lowest BCUT2D eigenvalue weighted by Gasteiger charge is -2.12. The third-order valence-corrected chi connectivity index (χ3v) is 2.90. The molecule has 0 radical (unpaired) electrons. The highest BCUT2D eigenvalue weighted by Crippen LogP contribution is 2.24. The Morgan fingerprint density at radius 1 is 1.15 bits per heavy atom. The van der Waals surface area contributed by atoms with Crippen LogP contribution in [0.15, 0.2) is 42.5 Å². The summed E-state index contributed by atoms with van der Waals surface area (Å²) < 4.78 is 24.0. The molecule has 0 aliphatic heterocycles. The van der Waals surface area contributed by atoms with Crippen LogP contribution in [0, 0.1) is 5.82 Å². The van der Waals surface area contributed by atoms with Gasteiger partial charge in [0.25, 0.3) is 0 Å². The number of hydrogen-bond acceptors (Lipinski definition) is 3. The number of hydrogen-bond donors (Lipinski definition) is 0. The van der Waals surface area contributed by atoms with Crippen molar-refractivity contribution in [1.82, 2.24) is 0 Å². The van der Waals surface area contributed by atoms with E-state index < -0.39 is 5.82 Å². The van der Waals surface area contributed by atoms with Crippen LogP contribution in [-0.4, -0.2) is 12.9 Å². The quantitative estimate of drug-likeness (QED) is 0.781. The van der Waals surface area contributed by atoms with Crippen LogP contribution in [0.2, 0.25) is 0 Å². The molecule has 0 heterocycles. The van der Waals surface area contributed by atoms with E-state index in [4.69, 9.17) is 9.47 Å². The maximum Gasteiger partial charge on any atom is 0.163 e. The van der Waals surface area contributed by atoms with Gasteiger partial charge < -0.3 is 9.47 Å². The van der Waals surface area contributed by atoms with E-state index in [0.717, 1.165) is 5.56 Å². The molecule has 3 nitrogen and oxygen atoms in total. The molecule has 0 saturated carbocycles. The van der Waals surface area contributed by atoms with Gasteiger partial charge in [-0.1, -0.05) is 18.2 Å². The van der Waals surface area contributed by atoms with Crippen molar-refractivity contribution in [2.75, 3.05) is 7.11 Å². The zero-order valence-corrected chi connectivity index (χ0v) is 11.4. The molecule has 2 aromatic rings. The first-order valence-electron chi connectivity index (χ1n) is 6.17. The average Bonchev–Trinajstić information content (AvgIpc) is 2.46. The Kier molecular flexibility index (Phi) is 4.35. The molecule has 2 rings (SSSR count). The Morgan fingerprint density at radius 3 is 2.60 bits per heavy atom. The Labute approximate surface area is 117 Å². The molecule has 0 amide bonds. The zero-order valence-electron chi connectivity index (χ0n) is 11.4. The second-order valence-corrected chi connectivity index (χ2v) is 4.30. The first kappa shape index (κ1) is 14.1. The standard InChI is InChI=1S/C16H15FO3/c1-11(18)14-9-13(17)7-8-16(14)20-10-12-5-3-4-6-15(12)19-2/h3-9H,10H2,1-2H3. The summed E-state index contributed by atoms with van der Waals surface area (Å²) in [4.78, 5) is 11.5. The summed E-state index contributed by atoms with van der Waals surface area (Å²) in [6, 6.07) is 11.3. The first-order chi connectivity index (χ1) is 9.61. The highest BCUT2D eigenvalue weighted by molar-refractivity contribution is 5.96. The fraction of sp³-hybridized carbons (Fsp3) is 0.188. The molecule has 0 fully saturated rings. The Balaban J connectivity index is 2.21. The summed E-state index contributed by atoms with van der Waals surface area (Å²) in [7, 11) is 1.58. The molecular weight excluding hydrogens is 259 g/mol. The Bertz CT molecular complexity index is 623. The molecular formula is C16H15FO3. The minimum Gasteiger partial charge on any atom is -0.496 e. The lowest BCUT2D eigenvalue weighted by Crippen LogP contribution is -2.03. The number of Topliss-reactive ketones (excluding diaryl/α,β-unsaturated/α-hetero) is 1. The molecule has 0 aromatic heterocycles. The van der Waals surface area contributed by atoms with Gasteiger partial charge in [-0.3, -0.25) is 4.79 Å². The second-order valence-electron chi connectivity index (χ2n) is 4.30. The molecule has 4 heteroatoms. The predicted octanol–water partition coefficient (Wildman–Crippen LogP) is 3.62. The van der Waals surface area contributed by atoms with Gasteiger partial charge in [0.15, 0.2) is 5.78 Å². The summed E-state index contributed by atoms with van der Waals surface area (Å²) >= 11 is 0. The normalized spacial score (nSPS) is 10.2. The molecule has 0 unspecified atom stereocenters. The Morgan fingerprint density at radius 2 is 1.90 bits per heavy atom. The van der Waals surface area contributed by atoms with Gasteiger partial charge in [-0.15, -0.1) is 0 Å². The van der Waals surface area contributed by atoms with E-state index in [-0.39, 0.29) is 18.0 Å². The van der Waals surface area contributed by atoms with E-state index in [1.165, 1.54) is 25.1 Å². The molecule has 0 aliphatic rings. The van der Waals surface area contributed by atoms with Crippen molar-refractivity contribution in [2.45, 2.75) is 13.5 Å². The number of ketones is 1. The summed E-state index contributed by atoms with van der Waals surface area (Å²) in [5, 5.41) is 0. The van der Waals surface area contributed by atoms with Gasteiger partial charge in [-0.05, 0) is 31.2 Å². The molecule has 0 spiro atoms. The van der Waals surface area contributed by atoms with E-state index in [9.17, 15) is 9.18 Å². The SMILES string of the molecule is COc1ccccc1COc1ccc(F)cc1C(C)=O. The van der Waals surface area contributed by atoms with Gasteiger partial charge in [0, 0.05) is 5.56 Å². The van der Waals surface area contributed by atoms with Gasteiger partial charge in [-0.25, -0.2) is 4.39 Å². The van der Waals surface area contributed by atoms with Gasteiger partial charge >= 0.3 is 0 Å². The summed E-state index contributed by atoms with van der Waals surface area (Å²) in [6.07, 6.45) is 0. The maximum absolute atomic E-state index is 13.2. The van der Waals surface area contributed by atoms with Crippen LogP contribution in [0.4, 0.5) is 4.39 Å². The fourth-order valence-electron chi connectivity index (χ4n) is 1.88. The molecule has 0 atom stereocenters. The number of methoxy groups -OCH3 is 1. The van der Waals surface area contributed by atoms with Crippen LogP contribution in [0.3, 0.4) is 0 Å². The van der Waals surface area contributed by atoms with E-state index >= 15 is 0 Å². The second kappa shape index (κ2) is 6.19. The largest absolute Gasteiger partial charge is 0.496 e. The number of carbonyl (C=O) groups is 1. The van der Waals surface area contributed by atoms with E-state index in [2.05, 4.69) is 0 Å². The van der Waals surface area contributed by atoms with Crippen molar-refractivity contribution in [3.8, 4) is 11.5 Å². The molecule has 0 saturated heterocycles. The zero-order chi connectivity index (χ0) is 14.5. The van der Waals surface area contributed by atoms with E-state index in [1.54, 1.807) is 7.11 Å². The smallest absolute Gasteiger partial charge is 0.163 e.